The van der Waals surface area contributed by atoms with Crippen LogP contribution in [0.15, 0.2) is 30.6 Å². The minimum absolute atomic E-state index is 0.229. The van der Waals surface area contributed by atoms with Crippen LogP contribution < -0.4 is 4.74 Å². The first kappa shape index (κ1) is 15.1. The van der Waals surface area contributed by atoms with Gasteiger partial charge in [-0.15, -0.1) is 0 Å². The highest BCUT2D eigenvalue weighted by atomic mass is 16.5. The van der Waals surface area contributed by atoms with Crippen molar-refractivity contribution in [2.45, 2.75) is 26.9 Å². The monoisotopic (exact) mass is 288 g/mol. The Bertz CT molecular complexity index is 620. The fourth-order valence-corrected chi connectivity index (χ4v) is 1.84. The Morgan fingerprint density at radius 3 is 2.76 bits per heavy atom. The number of aromatic nitrogens is 2. The lowest BCUT2D eigenvalue weighted by molar-refractivity contribution is -0.145. The van der Waals surface area contributed by atoms with Crippen molar-refractivity contribution in [1.82, 2.24) is 9.78 Å². The lowest BCUT2D eigenvalue weighted by atomic mass is 10.1. The molecule has 0 saturated carbocycles. The summed E-state index contributed by atoms with van der Waals surface area (Å²) in [6.45, 7) is 4.64. The quantitative estimate of drug-likeness (QED) is 0.767. The van der Waals surface area contributed by atoms with Crippen molar-refractivity contribution in [3.05, 3.63) is 47.3 Å². The molecule has 5 nitrogen and oxygen atoms in total. The number of esters is 1. The number of ether oxygens (including phenoxy) is 2. The van der Waals surface area contributed by atoms with Crippen molar-refractivity contribution in [3.63, 3.8) is 0 Å². The molecular weight excluding hydrogens is 268 g/mol. The van der Waals surface area contributed by atoms with Crippen LogP contribution in [0.3, 0.4) is 0 Å². The van der Waals surface area contributed by atoms with Crippen LogP contribution in [0.25, 0.3) is 0 Å². The molecule has 0 atom stereocenters. The smallest absolute Gasteiger partial charge is 0.309 e. The number of hydrogen-bond donors (Lipinski definition) is 0. The number of hydrogen-bond acceptors (Lipinski definition) is 4. The van der Waals surface area contributed by atoms with Gasteiger partial charge < -0.3 is 9.47 Å². The highest BCUT2D eigenvalue weighted by molar-refractivity contribution is 5.69. The Kier molecular flexibility index (Phi) is 4.98. The zero-order valence-corrected chi connectivity index (χ0v) is 12.6. The van der Waals surface area contributed by atoms with Crippen molar-refractivity contribution >= 4 is 5.97 Å². The molecule has 0 N–H and O–H groups in total. The summed E-state index contributed by atoms with van der Waals surface area (Å²) in [7, 11) is 1.82. The topological polar surface area (TPSA) is 53.4 Å². The summed E-state index contributed by atoms with van der Waals surface area (Å²) in [6.07, 6.45) is 3.73. The maximum Gasteiger partial charge on any atom is 0.309 e. The van der Waals surface area contributed by atoms with E-state index in [9.17, 15) is 4.79 Å². The maximum atomic E-state index is 11.6. The molecule has 0 unspecified atom stereocenters. The first-order chi connectivity index (χ1) is 10.0. The summed E-state index contributed by atoms with van der Waals surface area (Å²) in [5.41, 5.74) is 3.27. The molecule has 2 aromatic rings. The molecule has 1 aromatic carbocycles. The highest BCUT2D eigenvalue weighted by Crippen LogP contribution is 2.16. The molecule has 21 heavy (non-hydrogen) atoms. The van der Waals surface area contributed by atoms with Crippen molar-refractivity contribution < 1.29 is 14.3 Å². The first-order valence-electron chi connectivity index (χ1n) is 6.88. The Hall–Kier alpha value is -2.30. The molecule has 0 aliphatic rings. The van der Waals surface area contributed by atoms with E-state index >= 15 is 0 Å². The van der Waals surface area contributed by atoms with Gasteiger partial charge in [-0.3, -0.25) is 9.48 Å². The van der Waals surface area contributed by atoms with Crippen LogP contribution in [0.1, 0.15) is 23.1 Å². The molecule has 112 valence electrons. The van der Waals surface area contributed by atoms with Gasteiger partial charge >= 0.3 is 5.97 Å². The number of aryl methyl sites for hydroxylation is 3. The van der Waals surface area contributed by atoms with E-state index in [1.807, 2.05) is 38.4 Å². The van der Waals surface area contributed by atoms with Crippen molar-refractivity contribution in [2.24, 2.45) is 7.05 Å². The van der Waals surface area contributed by atoms with Crippen LogP contribution in [0, 0.1) is 13.8 Å². The van der Waals surface area contributed by atoms with E-state index in [2.05, 4.69) is 12.0 Å². The van der Waals surface area contributed by atoms with Crippen LogP contribution >= 0.6 is 0 Å². The fourth-order valence-electron chi connectivity index (χ4n) is 1.84. The van der Waals surface area contributed by atoms with Gasteiger partial charge in [0.15, 0.2) is 0 Å². The molecule has 0 amide bonds. The van der Waals surface area contributed by atoms with Crippen molar-refractivity contribution in [1.29, 1.82) is 0 Å². The largest absolute Gasteiger partial charge is 0.493 e. The van der Waals surface area contributed by atoms with Gasteiger partial charge in [0.1, 0.15) is 12.4 Å². The third-order valence-corrected chi connectivity index (χ3v) is 3.21. The Labute approximate surface area is 124 Å². The third kappa shape index (κ3) is 4.63. The number of nitrogens with zero attached hydrogens (tertiary/aromatic N) is 2. The summed E-state index contributed by atoms with van der Waals surface area (Å²) in [5, 5.41) is 4.01. The van der Waals surface area contributed by atoms with Crippen LogP contribution in [0.2, 0.25) is 0 Å². The number of carbonyl (C=O) groups is 1. The second-order valence-electron chi connectivity index (χ2n) is 5.03. The molecule has 0 bridgehead atoms. The van der Waals surface area contributed by atoms with Crippen LogP contribution in [0.5, 0.6) is 5.75 Å². The van der Waals surface area contributed by atoms with Gasteiger partial charge in [-0.05, 0) is 37.1 Å². The number of carbonyl (C=O) groups excluding carboxylic acids is 1. The van der Waals surface area contributed by atoms with Gasteiger partial charge in [0.2, 0.25) is 0 Å². The molecule has 0 aliphatic heterocycles. The van der Waals surface area contributed by atoms with E-state index in [0.29, 0.717) is 6.61 Å². The fraction of sp³-hybridized carbons (Fsp3) is 0.375. The van der Waals surface area contributed by atoms with E-state index in [4.69, 9.17) is 9.47 Å². The summed E-state index contributed by atoms with van der Waals surface area (Å²) in [4.78, 5) is 11.6. The summed E-state index contributed by atoms with van der Waals surface area (Å²) in [6, 6.07) is 5.88. The molecule has 0 radical (unpaired) electrons. The third-order valence-electron chi connectivity index (χ3n) is 3.21. The Morgan fingerprint density at radius 1 is 1.29 bits per heavy atom. The first-order valence-corrected chi connectivity index (χ1v) is 6.88. The zero-order valence-electron chi connectivity index (χ0n) is 12.6. The number of benzene rings is 1. The number of rotatable bonds is 6. The average molecular weight is 288 g/mol. The van der Waals surface area contributed by atoms with Gasteiger partial charge in [0.05, 0.1) is 19.2 Å². The minimum atomic E-state index is -0.275. The van der Waals surface area contributed by atoms with Crippen molar-refractivity contribution in [3.8, 4) is 5.75 Å². The molecular formula is C16H20N2O3. The molecule has 0 saturated heterocycles. The Balaban J connectivity index is 1.70. The van der Waals surface area contributed by atoms with E-state index in [0.717, 1.165) is 11.3 Å². The van der Waals surface area contributed by atoms with Crippen LogP contribution in [-0.2, 0) is 23.2 Å². The predicted octanol–water partition coefficient (Wildman–Crippen LogP) is 2.55. The van der Waals surface area contributed by atoms with E-state index in [-0.39, 0.29) is 19.0 Å². The molecule has 0 aliphatic carbocycles. The minimum Gasteiger partial charge on any atom is -0.493 e. The molecule has 1 aromatic heterocycles. The second-order valence-corrected chi connectivity index (χ2v) is 5.03. The highest BCUT2D eigenvalue weighted by Gasteiger charge is 2.05. The van der Waals surface area contributed by atoms with Gasteiger partial charge in [0, 0.05) is 18.8 Å². The maximum absolute atomic E-state index is 11.6. The summed E-state index contributed by atoms with van der Waals surface area (Å²) < 4.78 is 12.4. The standard InChI is InChI=1S/C16H20N2O3/c1-12-4-5-15(8-13(12)2)20-7-6-16(19)21-11-14-9-17-18(3)10-14/h4-5,8-10H,6-7,11H2,1-3H3. The summed E-state index contributed by atoms with van der Waals surface area (Å²) >= 11 is 0. The molecule has 0 fully saturated rings. The zero-order chi connectivity index (χ0) is 15.2. The van der Waals surface area contributed by atoms with E-state index in [1.165, 1.54) is 11.1 Å². The van der Waals surface area contributed by atoms with Gasteiger partial charge in [-0.1, -0.05) is 6.07 Å². The van der Waals surface area contributed by atoms with Crippen molar-refractivity contribution in [2.75, 3.05) is 6.61 Å². The van der Waals surface area contributed by atoms with E-state index < -0.39 is 0 Å². The van der Waals surface area contributed by atoms with Gasteiger partial charge in [0.25, 0.3) is 0 Å². The van der Waals surface area contributed by atoms with Gasteiger partial charge in [-0.2, -0.15) is 5.10 Å². The average Bonchev–Trinajstić information content (AvgIpc) is 2.86. The Morgan fingerprint density at radius 2 is 2.10 bits per heavy atom. The summed E-state index contributed by atoms with van der Waals surface area (Å²) in [5.74, 6) is 0.501. The molecule has 2 rings (SSSR count). The van der Waals surface area contributed by atoms with E-state index in [1.54, 1.807) is 10.9 Å². The molecule has 5 heteroatoms. The molecule has 1 heterocycles. The normalized spacial score (nSPS) is 10.4. The van der Waals surface area contributed by atoms with Gasteiger partial charge in [-0.25, -0.2) is 0 Å². The second kappa shape index (κ2) is 6.92. The van der Waals surface area contributed by atoms with Crippen LogP contribution in [0.4, 0.5) is 0 Å². The lowest BCUT2D eigenvalue weighted by Crippen LogP contribution is -2.09. The SMILES string of the molecule is Cc1ccc(OCCC(=O)OCc2cnn(C)c2)cc1C. The predicted molar refractivity (Wildman–Crippen MR) is 79.0 cm³/mol. The molecule has 0 spiro atoms. The lowest BCUT2D eigenvalue weighted by Gasteiger charge is -2.08. The van der Waals surface area contributed by atoms with Crippen LogP contribution in [-0.4, -0.2) is 22.4 Å².